The number of morpholine rings is 1. The minimum Gasteiger partial charge on any atom is -0.378 e. The van der Waals surface area contributed by atoms with Gasteiger partial charge in [0.1, 0.15) is 5.82 Å². The predicted molar refractivity (Wildman–Crippen MR) is 95.7 cm³/mol. The summed E-state index contributed by atoms with van der Waals surface area (Å²) in [5.41, 5.74) is 6.92. The molecule has 3 N–H and O–H groups in total. The summed E-state index contributed by atoms with van der Waals surface area (Å²) in [4.78, 5) is 18.7. The Kier molecular flexibility index (Phi) is 8.05. The fraction of sp³-hybridized carbons (Fsp3) is 0.600. The standard InChI is InChI=1S/C15H22N4O2.2ClH/c16-12-2-1-11(9-12)15(20)18-14-4-3-13(10-17-14)19-5-7-21-8-6-19;;/h3-4,10-12H,1-2,5-9,16H2,(H,17,18,20);2*1H. The van der Waals surface area contributed by atoms with Crippen LogP contribution in [-0.4, -0.2) is 43.2 Å². The number of nitrogens with zero attached hydrogens (tertiary/aromatic N) is 2. The molecule has 2 atom stereocenters. The predicted octanol–water partition coefficient (Wildman–Crippen LogP) is 1.83. The lowest BCUT2D eigenvalue weighted by molar-refractivity contribution is -0.119. The van der Waals surface area contributed by atoms with E-state index in [0.29, 0.717) is 5.82 Å². The van der Waals surface area contributed by atoms with Gasteiger partial charge >= 0.3 is 0 Å². The van der Waals surface area contributed by atoms with E-state index in [0.717, 1.165) is 51.3 Å². The van der Waals surface area contributed by atoms with Crippen LogP contribution in [0.3, 0.4) is 0 Å². The van der Waals surface area contributed by atoms with Gasteiger partial charge in [0.15, 0.2) is 0 Å². The molecule has 0 spiro atoms. The van der Waals surface area contributed by atoms with Crippen LogP contribution in [-0.2, 0) is 9.53 Å². The fourth-order valence-corrected chi connectivity index (χ4v) is 2.95. The highest BCUT2D eigenvalue weighted by Gasteiger charge is 2.27. The van der Waals surface area contributed by atoms with Crippen LogP contribution in [0.15, 0.2) is 18.3 Å². The van der Waals surface area contributed by atoms with E-state index >= 15 is 0 Å². The SMILES string of the molecule is Cl.Cl.NC1CCC(C(=O)Nc2ccc(N3CCOCC3)cn2)C1. The van der Waals surface area contributed by atoms with E-state index in [1.807, 2.05) is 12.1 Å². The van der Waals surface area contributed by atoms with Crippen LogP contribution in [0.5, 0.6) is 0 Å². The zero-order chi connectivity index (χ0) is 14.7. The number of nitrogens with one attached hydrogen (secondary N) is 1. The number of carbonyl (C=O) groups excluding carboxylic acids is 1. The maximum Gasteiger partial charge on any atom is 0.228 e. The molecule has 3 rings (SSSR count). The van der Waals surface area contributed by atoms with Crippen LogP contribution >= 0.6 is 24.8 Å². The molecule has 0 aromatic carbocycles. The number of ether oxygens (including phenoxy) is 1. The summed E-state index contributed by atoms with van der Waals surface area (Å²) in [6.07, 6.45) is 4.39. The van der Waals surface area contributed by atoms with Crippen molar-refractivity contribution in [1.82, 2.24) is 4.98 Å². The average Bonchev–Trinajstić information content (AvgIpc) is 2.96. The maximum atomic E-state index is 12.1. The van der Waals surface area contributed by atoms with E-state index in [2.05, 4.69) is 15.2 Å². The largest absolute Gasteiger partial charge is 0.378 e. The summed E-state index contributed by atoms with van der Waals surface area (Å²) in [6.45, 7) is 3.27. The molecule has 0 bridgehead atoms. The van der Waals surface area contributed by atoms with Crippen molar-refractivity contribution in [1.29, 1.82) is 0 Å². The second-order valence-corrected chi connectivity index (χ2v) is 5.76. The second kappa shape index (κ2) is 9.27. The van der Waals surface area contributed by atoms with Crippen LogP contribution in [0.4, 0.5) is 11.5 Å². The van der Waals surface area contributed by atoms with Crippen molar-refractivity contribution >= 4 is 42.2 Å². The number of amides is 1. The Morgan fingerprint density at radius 2 is 2.00 bits per heavy atom. The Bertz CT molecular complexity index is 495. The zero-order valence-corrected chi connectivity index (χ0v) is 14.6. The number of anilines is 2. The van der Waals surface area contributed by atoms with E-state index in [9.17, 15) is 4.79 Å². The van der Waals surface area contributed by atoms with Gasteiger partial charge in [-0.2, -0.15) is 0 Å². The summed E-state index contributed by atoms with van der Waals surface area (Å²) >= 11 is 0. The molecule has 1 aliphatic heterocycles. The first kappa shape index (κ1) is 20.0. The molecule has 2 heterocycles. The summed E-state index contributed by atoms with van der Waals surface area (Å²) in [5.74, 6) is 0.674. The molecule has 2 aliphatic rings. The van der Waals surface area contributed by atoms with Gasteiger partial charge in [0, 0.05) is 25.0 Å². The smallest absolute Gasteiger partial charge is 0.228 e. The molecule has 1 amide bonds. The van der Waals surface area contributed by atoms with Crippen molar-refractivity contribution in [2.75, 3.05) is 36.5 Å². The lowest BCUT2D eigenvalue weighted by Crippen LogP contribution is -2.36. The van der Waals surface area contributed by atoms with Gasteiger partial charge in [-0.15, -0.1) is 24.8 Å². The average molecular weight is 363 g/mol. The van der Waals surface area contributed by atoms with Gasteiger partial charge in [-0.1, -0.05) is 0 Å². The van der Waals surface area contributed by atoms with Crippen molar-refractivity contribution in [3.05, 3.63) is 18.3 Å². The summed E-state index contributed by atoms with van der Waals surface area (Å²) in [7, 11) is 0. The second-order valence-electron chi connectivity index (χ2n) is 5.76. The van der Waals surface area contributed by atoms with Crippen molar-refractivity contribution in [3.8, 4) is 0 Å². The highest BCUT2D eigenvalue weighted by Crippen LogP contribution is 2.25. The molecule has 1 aromatic heterocycles. The minimum absolute atomic E-state index is 0. The van der Waals surface area contributed by atoms with Gasteiger partial charge in [-0.3, -0.25) is 4.79 Å². The van der Waals surface area contributed by atoms with Gasteiger partial charge in [-0.05, 0) is 31.4 Å². The van der Waals surface area contributed by atoms with Gasteiger partial charge in [-0.25, -0.2) is 4.98 Å². The van der Waals surface area contributed by atoms with Crippen molar-refractivity contribution in [3.63, 3.8) is 0 Å². The van der Waals surface area contributed by atoms with Crippen LogP contribution in [0.2, 0.25) is 0 Å². The van der Waals surface area contributed by atoms with Gasteiger partial charge in [0.2, 0.25) is 5.91 Å². The Morgan fingerprint density at radius 1 is 1.26 bits per heavy atom. The van der Waals surface area contributed by atoms with E-state index in [-0.39, 0.29) is 42.7 Å². The molecular formula is C15H24Cl2N4O2. The number of hydrogen-bond donors (Lipinski definition) is 2. The molecule has 1 saturated carbocycles. The molecule has 2 unspecified atom stereocenters. The molecule has 1 saturated heterocycles. The van der Waals surface area contributed by atoms with Crippen molar-refractivity contribution in [2.24, 2.45) is 11.7 Å². The minimum atomic E-state index is 0. The number of hydrogen-bond acceptors (Lipinski definition) is 5. The lowest BCUT2D eigenvalue weighted by Gasteiger charge is -2.28. The van der Waals surface area contributed by atoms with Crippen LogP contribution in [0.25, 0.3) is 0 Å². The van der Waals surface area contributed by atoms with Crippen LogP contribution in [0.1, 0.15) is 19.3 Å². The molecule has 23 heavy (non-hydrogen) atoms. The van der Waals surface area contributed by atoms with Gasteiger partial charge in [0.05, 0.1) is 25.1 Å². The topological polar surface area (TPSA) is 80.5 Å². The highest BCUT2D eigenvalue weighted by molar-refractivity contribution is 5.92. The fourth-order valence-electron chi connectivity index (χ4n) is 2.95. The Balaban J connectivity index is 0.00000132. The van der Waals surface area contributed by atoms with Crippen LogP contribution in [0, 0.1) is 5.92 Å². The zero-order valence-electron chi connectivity index (χ0n) is 12.9. The Labute approximate surface area is 149 Å². The molecule has 8 heteroatoms. The number of pyridine rings is 1. The molecular weight excluding hydrogens is 339 g/mol. The number of carbonyl (C=O) groups is 1. The van der Waals surface area contributed by atoms with Crippen molar-refractivity contribution < 1.29 is 9.53 Å². The third-order valence-corrected chi connectivity index (χ3v) is 4.22. The summed E-state index contributed by atoms with van der Waals surface area (Å²) < 4.78 is 5.33. The number of halogens is 2. The molecule has 1 aromatic rings. The molecule has 6 nitrogen and oxygen atoms in total. The first-order valence-electron chi connectivity index (χ1n) is 7.57. The van der Waals surface area contributed by atoms with Gasteiger partial charge in [0.25, 0.3) is 0 Å². The quantitative estimate of drug-likeness (QED) is 0.857. The first-order chi connectivity index (χ1) is 10.2. The van der Waals surface area contributed by atoms with E-state index in [4.69, 9.17) is 10.5 Å². The monoisotopic (exact) mass is 362 g/mol. The summed E-state index contributed by atoms with van der Waals surface area (Å²) in [6, 6.07) is 4.02. The molecule has 2 fully saturated rings. The van der Waals surface area contributed by atoms with Gasteiger partial charge < -0.3 is 20.7 Å². The number of nitrogens with two attached hydrogens (primary N) is 1. The van der Waals surface area contributed by atoms with E-state index in [1.54, 1.807) is 6.20 Å². The third-order valence-electron chi connectivity index (χ3n) is 4.22. The van der Waals surface area contributed by atoms with Crippen molar-refractivity contribution in [2.45, 2.75) is 25.3 Å². The van der Waals surface area contributed by atoms with E-state index in [1.165, 1.54) is 0 Å². The van der Waals surface area contributed by atoms with E-state index < -0.39 is 0 Å². The summed E-state index contributed by atoms with van der Waals surface area (Å²) in [5, 5.41) is 2.89. The Morgan fingerprint density at radius 3 is 2.57 bits per heavy atom. The molecule has 0 radical (unpaired) electrons. The number of rotatable bonds is 3. The maximum absolute atomic E-state index is 12.1. The lowest BCUT2D eigenvalue weighted by atomic mass is 10.1. The Hall–Kier alpha value is -1.08. The highest BCUT2D eigenvalue weighted by atomic mass is 35.5. The first-order valence-corrected chi connectivity index (χ1v) is 7.57. The normalized spacial score (nSPS) is 23.6. The molecule has 130 valence electrons. The number of aromatic nitrogens is 1. The molecule has 1 aliphatic carbocycles. The van der Waals surface area contributed by atoms with Crippen LogP contribution < -0.4 is 16.0 Å². The third kappa shape index (κ3) is 5.21.